The third-order valence-electron chi connectivity index (χ3n) is 4.54. The van der Waals surface area contributed by atoms with Gasteiger partial charge in [-0.3, -0.25) is 0 Å². The van der Waals surface area contributed by atoms with E-state index in [-0.39, 0.29) is 5.89 Å². The molecule has 0 N–H and O–H groups in total. The number of nitrogens with zero attached hydrogens (tertiary/aromatic N) is 5. The Morgan fingerprint density at radius 2 is 1.67 bits per heavy atom. The largest absolute Gasteiger partial charge is 0.495 e. The van der Waals surface area contributed by atoms with Gasteiger partial charge < -0.3 is 18.7 Å². The van der Waals surface area contributed by atoms with Gasteiger partial charge in [-0.1, -0.05) is 22.0 Å². The molecule has 0 unspecified atom stereocenters. The average molecular weight is 428 g/mol. The molecular formula is C20H18ClN5O4. The van der Waals surface area contributed by atoms with E-state index in [1.165, 1.54) is 0 Å². The first kappa shape index (κ1) is 19.7. The molecule has 154 valence electrons. The first-order chi connectivity index (χ1) is 14.5. The number of benzene rings is 2. The van der Waals surface area contributed by atoms with Gasteiger partial charge in [0.2, 0.25) is 5.82 Å². The zero-order valence-corrected chi connectivity index (χ0v) is 17.5. The standard InChI is InChI=1S/C20H18ClN5O4/c1-11-18(23-25-26(11)13-6-8-15(27-2)14(21)10-13)20-22-19(24-30-20)12-5-7-16(28-3)17(9-12)29-4/h5-10H,1-4H3. The number of hydrogen-bond donors (Lipinski definition) is 0. The molecule has 30 heavy (non-hydrogen) atoms. The molecule has 0 saturated carbocycles. The Bertz CT molecular complexity index is 1200. The van der Waals surface area contributed by atoms with E-state index in [0.717, 1.165) is 16.9 Å². The van der Waals surface area contributed by atoms with Crippen LogP contribution in [-0.2, 0) is 0 Å². The number of halogens is 1. The van der Waals surface area contributed by atoms with Gasteiger partial charge in [-0.15, -0.1) is 5.10 Å². The Morgan fingerprint density at radius 1 is 0.933 bits per heavy atom. The van der Waals surface area contributed by atoms with E-state index in [1.54, 1.807) is 50.3 Å². The first-order valence-corrected chi connectivity index (χ1v) is 9.26. The van der Waals surface area contributed by atoms with Gasteiger partial charge in [-0.25, -0.2) is 4.68 Å². The highest BCUT2D eigenvalue weighted by molar-refractivity contribution is 6.32. The summed E-state index contributed by atoms with van der Waals surface area (Å²) in [6.07, 6.45) is 0. The van der Waals surface area contributed by atoms with Crippen molar-refractivity contribution >= 4 is 11.6 Å². The van der Waals surface area contributed by atoms with Gasteiger partial charge >= 0.3 is 0 Å². The lowest BCUT2D eigenvalue weighted by Crippen LogP contribution is -1.99. The maximum atomic E-state index is 6.23. The van der Waals surface area contributed by atoms with E-state index in [0.29, 0.717) is 33.8 Å². The van der Waals surface area contributed by atoms with Crippen LogP contribution in [0.3, 0.4) is 0 Å². The molecule has 10 heteroatoms. The Kier molecular flexibility index (Phi) is 5.28. The average Bonchev–Trinajstić information content (AvgIpc) is 3.40. The van der Waals surface area contributed by atoms with Crippen molar-refractivity contribution in [1.29, 1.82) is 0 Å². The molecule has 4 rings (SSSR count). The third-order valence-corrected chi connectivity index (χ3v) is 4.84. The minimum atomic E-state index is 0.253. The zero-order chi connectivity index (χ0) is 21.3. The van der Waals surface area contributed by atoms with Gasteiger partial charge in [0, 0.05) is 5.56 Å². The fourth-order valence-electron chi connectivity index (χ4n) is 2.97. The summed E-state index contributed by atoms with van der Waals surface area (Å²) in [5, 5.41) is 12.9. The molecule has 4 aromatic rings. The van der Waals surface area contributed by atoms with E-state index in [2.05, 4.69) is 20.5 Å². The normalized spacial score (nSPS) is 10.8. The van der Waals surface area contributed by atoms with Crippen molar-refractivity contribution in [2.24, 2.45) is 0 Å². The van der Waals surface area contributed by atoms with E-state index in [1.807, 2.05) is 19.1 Å². The van der Waals surface area contributed by atoms with Crippen LogP contribution in [-0.4, -0.2) is 46.5 Å². The van der Waals surface area contributed by atoms with Crippen LogP contribution in [0.5, 0.6) is 17.2 Å². The van der Waals surface area contributed by atoms with Crippen molar-refractivity contribution in [2.75, 3.05) is 21.3 Å². The highest BCUT2D eigenvalue weighted by atomic mass is 35.5. The summed E-state index contributed by atoms with van der Waals surface area (Å²) in [5.41, 5.74) is 2.64. The molecule has 0 aliphatic rings. The van der Waals surface area contributed by atoms with Crippen LogP contribution >= 0.6 is 11.6 Å². The molecule has 0 spiro atoms. The predicted octanol–water partition coefficient (Wildman–Crippen LogP) is 3.97. The van der Waals surface area contributed by atoms with Crippen LogP contribution in [0.1, 0.15) is 5.69 Å². The minimum Gasteiger partial charge on any atom is -0.495 e. The molecule has 0 atom stereocenters. The topological polar surface area (TPSA) is 97.3 Å². The highest BCUT2D eigenvalue weighted by Crippen LogP contribution is 2.32. The second-order valence-corrected chi connectivity index (χ2v) is 6.65. The Labute approximate surface area is 177 Å². The van der Waals surface area contributed by atoms with E-state index in [9.17, 15) is 0 Å². The van der Waals surface area contributed by atoms with Crippen molar-refractivity contribution in [3.8, 4) is 45.9 Å². The molecule has 9 nitrogen and oxygen atoms in total. The summed E-state index contributed by atoms with van der Waals surface area (Å²) < 4.78 is 22.8. The Balaban J connectivity index is 1.67. The van der Waals surface area contributed by atoms with Crippen molar-refractivity contribution < 1.29 is 18.7 Å². The van der Waals surface area contributed by atoms with Crippen LogP contribution in [0.4, 0.5) is 0 Å². The summed E-state index contributed by atoms with van der Waals surface area (Å²) in [6.45, 7) is 1.85. The molecule has 2 heterocycles. The monoisotopic (exact) mass is 427 g/mol. The third kappa shape index (κ3) is 3.43. The number of methoxy groups -OCH3 is 3. The lowest BCUT2D eigenvalue weighted by Gasteiger charge is -2.07. The molecule has 0 aliphatic carbocycles. The van der Waals surface area contributed by atoms with Gasteiger partial charge in [0.15, 0.2) is 17.2 Å². The first-order valence-electron chi connectivity index (χ1n) is 8.88. The quantitative estimate of drug-likeness (QED) is 0.456. The Hall–Kier alpha value is -3.59. The van der Waals surface area contributed by atoms with Crippen LogP contribution in [0.25, 0.3) is 28.7 Å². The zero-order valence-electron chi connectivity index (χ0n) is 16.7. The van der Waals surface area contributed by atoms with E-state index < -0.39 is 0 Å². The van der Waals surface area contributed by atoms with Gasteiger partial charge in [-0.05, 0) is 43.3 Å². The summed E-state index contributed by atoms with van der Waals surface area (Å²) in [7, 11) is 4.70. The second-order valence-electron chi connectivity index (χ2n) is 6.25. The molecule has 0 amide bonds. The molecule has 0 radical (unpaired) electrons. The fraction of sp³-hybridized carbons (Fsp3) is 0.200. The summed E-state index contributed by atoms with van der Waals surface area (Å²) in [6, 6.07) is 10.7. The molecule has 0 fully saturated rings. The lowest BCUT2D eigenvalue weighted by molar-refractivity contribution is 0.355. The number of hydrogen-bond acceptors (Lipinski definition) is 8. The van der Waals surface area contributed by atoms with Gasteiger partial charge in [0.1, 0.15) is 5.75 Å². The number of rotatable bonds is 6. The predicted molar refractivity (Wildman–Crippen MR) is 109 cm³/mol. The summed E-state index contributed by atoms with van der Waals surface area (Å²) >= 11 is 6.23. The molecule has 0 bridgehead atoms. The van der Waals surface area contributed by atoms with E-state index >= 15 is 0 Å². The SMILES string of the molecule is COc1ccc(-n2nnc(-c3nc(-c4ccc(OC)c(OC)c4)no3)c2C)cc1Cl. The van der Waals surface area contributed by atoms with Crippen LogP contribution in [0.15, 0.2) is 40.9 Å². The fourth-order valence-corrected chi connectivity index (χ4v) is 3.22. The van der Waals surface area contributed by atoms with Crippen LogP contribution in [0, 0.1) is 6.92 Å². The second kappa shape index (κ2) is 8.03. The number of ether oxygens (including phenoxy) is 3. The molecule has 2 aromatic heterocycles. The van der Waals surface area contributed by atoms with Gasteiger partial charge in [0.05, 0.1) is 37.7 Å². The van der Waals surface area contributed by atoms with Crippen LogP contribution < -0.4 is 14.2 Å². The van der Waals surface area contributed by atoms with Crippen molar-refractivity contribution in [2.45, 2.75) is 6.92 Å². The van der Waals surface area contributed by atoms with Gasteiger partial charge in [0.25, 0.3) is 5.89 Å². The molecule has 0 aliphatic heterocycles. The highest BCUT2D eigenvalue weighted by Gasteiger charge is 2.20. The van der Waals surface area contributed by atoms with Crippen LogP contribution in [0.2, 0.25) is 5.02 Å². The molecular weight excluding hydrogens is 410 g/mol. The lowest BCUT2D eigenvalue weighted by atomic mass is 10.2. The molecule has 2 aromatic carbocycles. The maximum absolute atomic E-state index is 6.23. The molecule has 0 saturated heterocycles. The number of aromatic nitrogens is 5. The summed E-state index contributed by atoms with van der Waals surface area (Å²) in [4.78, 5) is 4.46. The Morgan fingerprint density at radius 3 is 2.37 bits per heavy atom. The van der Waals surface area contributed by atoms with Crippen molar-refractivity contribution in [3.63, 3.8) is 0 Å². The minimum absolute atomic E-state index is 0.253. The maximum Gasteiger partial charge on any atom is 0.280 e. The van der Waals surface area contributed by atoms with E-state index in [4.69, 9.17) is 30.3 Å². The smallest absolute Gasteiger partial charge is 0.280 e. The van der Waals surface area contributed by atoms with Crippen molar-refractivity contribution in [3.05, 3.63) is 47.1 Å². The van der Waals surface area contributed by atoms with Gasteiger partial charge in [-0.2, -0.15) is 4.98 Å². The summed E-state index contributed by atoms with van der Waals surface area (Å²) in [5.74, 6) is 2.41. The van der Waals surface area contributed by atoms with Crippen molar-refractivity contribution in [1.82, 2.24) is 25.1 Å².